The molecule has 4 rings (SSSR count). The minimum absolute atomic E-state index is 0.0639. The summed E-state index contributed by atoms with van der Waals surface area (Å²) >= 11 is 0. The van der Waals surface area contributed by atoms with Gasteiger partial charge in [0.05, 0.1) is 6.61 Å². The van der Waals surface area contributed by atoms with Crippen LogP contribution in [0, 0.1) is 0 Å². The highest BCUT2D eigenvalue weighted by Gasteiger charge is 2.30. The maximum Gasteiger partial charge on any atom is 0.127 e. The van der Waals surface area contributed by atoms with Crippen molar-refractivity contribution in [2.75, 3.05) is 0 Å². The summed E-state index contributed by atoms with van der Waals surface area (Å²) in [6.07, 6.45) is 1.80. The Bertz CT molecular complexity index is 1190. The first kappa shape index (κ1) is 24.2. The molecular weight excluding hydrogens is 435 g/mol. The first-order chi connectivity index (χ1) is 16.6. The van der Waals surface area contributed by atoms with Gasteiger partial charge in [0.2, 0.25) is 0 Å². The van der Waals surface area contributed by atoms with E-state index in [2.05, 4.69) is 98.8 Å². The minimum atomic E-state index is -0.107. The highest BCUT2D eigenvalue weighted by molar-refractivity contribution is 7.48. The molecule has 2 unspecified atom stereocenters. The third-order valence-corrected chi connectivity index (χ3v) is 8.39. The number of hydrogen-bond acceptors (Lipinski definition) is 2. The van der Waals surface area contributed by atoms with Gasteiger partial charge in [-0.15, -0.1) is 0 Å². The molecule has 0 aliphatic rings. The van der Waals surface area contributed by atoms with Crippen LogP contribution in [0.3, 0.4) is 0 Å². The number of para-hydroxylation sites is 1. The average molecular weight is 469 g/mol. The van der Waals surface area contributed by atoms with Crippen molar-refractivity contribution in [2.45, 2.75) is 45.1 Å². The van der Waals surface area contributed by atoms with Crippen LogP contribution in [0.4, 0.5) is 0 Å². The van der Waals surface area contributed by atoms with Crippen LogP contribution >= 0.6 is 8.58 Å². The van der Waals surface area contributed by atoms with E-state index in [4.69, 9.17) is 4.74 Å². The lowest BCUT2D eigenvalue weighted by atomic mass is 9.92. The van der Waals surface area contributed by atoms with Crippen LogP contribution in [0.25, 0.3) is 0 Å². The molecule has 2 nitrogen and oxygen atoms in total. The van der Waals surface area contributed by atoms with E-state index < -0.39 is 0 Å². The molecular formula is C31H33O2P. The lowest BCUT2D eigenvalue weighted by Crippen LogP contribution is -2.21. The Hall–Kier alpha value is -2.93. The summed E-state index contributed by atoms with van der Waals surface area (Å²) in [6.45, 7) is 5.18. The predicted molar refractivity (Wildman–Crippen MR) is 144 cm³/mol. The first-order valence-corrected chi connectivity index (χ1v) is 12.9. The average Bonchev–Trinajstić information content (AvgIpc) is 2.89. The van der Waals surface area contributed by atoms with Crippen molar-refractivity contribution < 1.29 is 9.84 Å². The fourth-order valence-corrected chi connectivity index (χ4v) is 5.90. The van der Waals surface area contributed by atoms with Gasteiger partial charge in [0.15, 0.2) is 0 Å². The molecule has 0 saturated carbocycles. The van der Waals surface area contributed by atoms with Gasteiger partial charge in [-0.2, -0.15) is 0 Å². The molecule has 2 atom stereocenters. The van der Waals surface area contributed by atoms with Crippen molar-refractivity contribution in [3.05, 3.63) is 131 Å². The van der Waals surface area contributed by atoms with Crippen LogP contribution in [-0.2, 0) is 24.8 Å². The fraction of sp³-hybridized carbons (Fsp3) is 0.226. The van der Waals surface area contributed by atoms with Gasteiger partial charge in [0.1, 0.15) is 12.4 Å². The molecule has 0 aliphatic heterocycles. The van der Waals surface area contributed by atoms with Crippen molar-refractivity contribution in [3.8, 4) is 5.75 Å². The van der Waals surface area contributed by atoms with Crippen LogP contribution in [0.1, 0.15) is 48.1 Å². The predicted octanol–water partition coefficient (Wildman–Crippen LogP) is 6.98. The van der Waals surface area contributed by atoms with E-state index in [-0.39, 0.29) is 11.8 Å². The Kier molecular flexibility index (Phi) is 8.16. The van der Waals surface area contributed by atoms with Crippen molar-refractivity contribution in [2.24, 2.45) is 0 Å². The Balaban J connectivity index is 1.75. The lowest BCUT2D eigenvalue weighted by Gasteiger charge is -2.32. The number of benzene rings is 4. The van der Waals surface area contributed by atoms with Crippen molar-refractivity contribution in [1.29, 1.82) is 0 Å². The Morgan fingerprint density at radius 2 is 1.35 bits per heavy atom. The molecule has 34 heavy (non-hydrogen) atoms. The van der Waals surface area contributed by atoms with Gasteiger partial charge in [-0.1, -0.05) is 126 Å². The van der Waals surface area contributed by atoms with Crippen LogP contribution < -0.4 is 10.0 Å². The summed E-state index contributed by atoms with van der Waals surface area (Å²) < 4.78 is 6.62. The molecule has 0 spiro atoms. The van der Waals surface area contributed by atoms with Gasteiger partial charge in [-0.25, -0.2) is 0 Å². The topological polar surface area (TPSA) is 29.5 Å². The molecule has 4 aromatic carbocycles. The maximum absolute atomic E-state index is 9.91. The Labute approximate surface area is 205 Å². The third kappa shape index (κ3) is 5.76. The van der Waals surface area contributed by atoms with Crippen LogP contribution in [0.2, 0.25) is 0 Å². The number of ether oxygens (including phenoxy) is 1. The van der Waals surface area contributed by atoms with E-state index in [1.807, 2.05) is 18.2 Å². The molecule has 0 fully saturated rings. The van der Waals surface area contributed by atoms with E-state index in [0.717, 1.165) is 29.7 Å². The molecule has 0 radical (unpaired) electrons. The molecule has 3 heteroatoms. The van der Waals surface area contributed by atoms with Crippen molar-refractivity contribution in [3.63, 3.8) is 0 Å². The largest absolute Gasteiger partial charge is 0.488 e. The second-order valence-electron chi connectivity index (χ2n) is 8.86. The normalized spacial score (nSPS) is 13.1. The summed E-state index contributed by atoms with van der Waals surface area (Å²) in [7, 11) is 0.523. The highest BCUT2D eigenvalue weighted by Crippen LogP contribution is 2.48. The van der Waals surface area contributed by atoms with E-state index >= 15 is 0 Å². The van der Waals surface area contributed by atoms with Gasteiger partial charge in [-0.05, 0) is 34.0 Å². The standard InChI is InChI=1S/C31H33O2P/c1-3-31(2,34-29-20-11-10-17-27(29)22-32)28-19-12-18-26(21-24-13-6-4-7-14-24)30(28)33-23-25-15-8-5-9-16-25/h4-20,32,34H,3,21-23H2,1-2H3. The van der Waals surface area contributed by atoms with Gasteiger partial charge < -0.3 is 9.84 Å². The zero-order valence-corrected chi connectivity index (χ0v) is 21.0. The quantitative estimate of drug-likeness (QED) is 0.255. The van der Waals surface area contributed by atoms with E-state index in [9.17, 15) is 5.11 Å². The molecule has 0 amide bonds. The number of hydrogen-bond donors (Lipinski definition) is 1. The summed E-state index contributed by atoms with van der Waals surface area (Å²) in [5.41, 5.74) is 5.89. The molecule has 4 aromatic rings. The SMILES string of the molecule is CCC(C)(Pc1ccccc1CO)c1cccc(Cc2ccccc2)c1OCc1ccccc1. The second kappa shape index (κ2) is 11.5. The van der Waals surface area contributed by atoms with E-state index in [1.165, 1.54) is 22.0 Å². The summed E-state index contributed by atoms with van der Waals surface area (Å²) in [4.78, 5) is 0. The van der Waals surface area contributed by atoms with Gasteiger partial charge in [-0.3, -0.25) is 0 Å². The van der Waals surface area contributed by atoms with Crippen LogP contribution in [-0.4, -0.2) is 5.11 Å². The van der Waals surface area contributed by atoms with Crippen molar-refractivity contribution >= 4 is 13.9 Å². The van der Waals surface area contributed by atoms with Crippen molar-refractivity contribution in [1.82, 2.24) is 0 Å². The maximum atomic E-state index is 9.91. The first-order valence-electron chi connectivity index (χ1n) is 11.9. The smallest absolute Gasteiger partial charge is 0.127 e. The molecule has 174 valence electrons. The monoisotopic (exact) mass is 468 g/mol. The Morgan fingerprint density at radius 3 is 2.03 bits per heavy atom. The molecule has 0 aliphatic carbocycles. The number of rotatable bonds is 10. The second-order valence-corrected chi connectivity index (χ2v) is 10.7. The zero-order chi connectivity index (χ0) is 23.8. The van der Waals surface area contributed by atoms with Gasteiger partial charge >= 0.3 is 0 Å². The Morgan fingerprint density at radius 1 is 0.735 bits per heavy atom. The van der Waals surface area contributed by atoms with Crippen LogP contribution in [0.5, 0.6) is 5.75 Å². The highest BCUT2D eigenvalue weighted by atomic mass is 31.1. The molecule has 0 saturated heterocycles. The molecule has 0 aromatic heterocycles. The molecule has 0 bridgehead atoms. The summed E-state index contributed by atoms with van der Waals surface area (Å²) in [5, 5.41) is 11.0. The lowest BCUT2D eigenvalue weighted by molar-refractivity contribution is 0.283. The van der Waals surface area contributed by atoms with Gasteiger partial charge in [0, 0.05) is 17.1 Å². The summed E-state index contributed by atoms with van der Waals surface area (Å²) in [6, 6.07) is 35.8. The van der Waals surface area contributed by atoms with Gasteiger partial charge in [0.25, 0.3) is 0 Å². The fourth-order valence-electron chi connectivity index (χ4n) is 4.30. The number of aliphatic hydroxyl groups is 1. The summed E-state index contributed by atoms with van der Waals surface area (Å²) in [5.74, 6) is 0.994. The molecule has 1 N–H and O–H groups in total. The third-order valence-electron chi connectivity index (χ3n) is 6.46. The van der Waals surface area contributed by atoms with Crippen LogP contribution in [0.15, 0.2) is 103 Å². The van der Waals surface area contributed by atoms with E-state index in [0.29, 0.717) is 15.2 Å². The minimum Gasteiger partial charge on any atom is -0.488 e. The zero-order valence-electron chi connectivity index (χ0n) is 20.0. The number of aliphatic hydroxyl groups excluding tert-OH is 1. The van der Waals surface area contributed by atoms with E-state index in [1.54, 1.807) is 0 Å². The molecule has 0 heterocycles.